The minimum Gasteiger partial charge on any atom is -0.460 e. The Morgan fingerprint density at radius 2 is 1.54 bits per heavy atom. The summed E-state index contributed by atoms with van der Waals surface area (Å²) in [4.78, 5) is 40.9. The number of hydrogen-bond donors (Lipinski definition) is 2. The van der Waals surface area contributed by atoms with Gasteiger partial charge < -0.3 is 26.0 Å². The number of carbonyl (C=O) groups is 2. The van der Waals surface area contributed by atoms with Gasteiger partial charge in [-0.2, -0.15) is 0 Å². The smallest absolute Gasteiger partial charge is 0.338 e. The van der Waals surface area contributed by atoms with Crippen molar-refractivity contribution in [2.24, 2.45) is 5.73 Å². The highest BCUT2D eigenvalue weighted by molar-refractivity contribution is 6.00. The van der Waals surface area contributed by atoms with Crippen molar-refractivity contribution in [2.45, 2.75) is 57.8 Å². The van der Waals surface area contributed by atoms with Crippen molar-refractivity contribution >= 4 is 42.4 Å². The maximum atomic E-state index is 14.1. The number of carbonyl (C=O) groups excluding carboxylic acids is 2. The Bertz CT molecular complexity index is 1590. The molecule has 3 aromatic rings. The van der Waals surface area contributed by atoms with Crippen molar-refractivity contribution in [2.75, 3.05) is 13.1 Å². The van der Waals surface area contributed by atoms with Gasteiger partial charge >= 0.3 is 11.9 Å². The second-order valence-electron chi connectivity index (χ2n) is 11.6. The third-order valence-electron chi connectivity index (χ3n) is 8.07. The molecule has 0 saturated carbocycles. The molecule has 0 spiro atoms. The topological polar surface area (TPSA) is 169 Å². The van der Waals surface area contributed by atoms with Gasteiger partial charge in [-0.15, -0.1) is 24.8 Å². The van der Waals surface area contributed by atoms with Crippen LogP contribution in [-0.2, 0) is 19.1 Å². The van der Waals surface area contributed by atoms with Crippen LogP contribution >= 0.6 is 24.8 Å². The first-order valence-electron chi connectivity index (χ1n) is 15.1. The molecule has 1 saturated heterocycles. The van der Waals surface area contributed by atoms with E-state index in [1.807, 2.05) is 36.4 Å². The standard InChI is InChI=1S/C35H38N4O6.2ClH.H2O/c1-22(2)44-34(40)29-23(3)37-33(36)31(30(29)26-16-10-17-27(20-26)39(42)43)35(41)45-28-18-11-19-38(21-28)32(24-12-6-4-7-13-24)25-14-8-5-9-15-25;;;/h4-10,12-17,20,22,28,30,32,37H,11,18-19,21,36H2,1-3H3;2*1H;1H2. The normalized spacial score (nSPS) is 17.8. The molecule has 0 aromatic heterocycles. The highest BCUT2D eigenvalue weighted by atomic mass is 35.5. The first kappa shape index (κ1) is 39.8. The van der Waals surface area contributed by atoms with Crippen molar-refractivity contribution in [1.82, 2.24) is 10.2 Å². The summed E-state index contributed by atoms with van der Waals surface area (Å²) in [5.74, 6) is -2.36. The molecule has 13 heteroatoms. The number of likely N-dealkylation sites (tertiary alicyclic amines) is 1. The van der Waals surface area contributed by atoms with E-state index in [1.165, 1.54) is 18.2 Å². The molecule has 5 N–H and O–H groups in total. The molecule has 2 unspecified atom stereocenters. The lowest BCUT2D eigenvalue weighted by molar-refractivity contribution is -0.384. The van der Waals surface area contributed by atoms with E-state index in [2.05, 4.69) is 34.5 Å². The fourth-order valence-corrected chi connectivity index (χ4v) is 6.18. The predicted molar refractivity (Wildman–Crippen MR) is 188 cm³/mol. The van der Waals surface area contributed by atoms with Crippen molar-refractivity contribution in [3.63, 3.8) is 0 Å². The fourth-order valence-electron chi connectivity index (χ4n) is 6.18. The quantitative estimate of drug-likeness (QED) is 0.166. The van der Waals surface area contributed by atoms with Crippen LogP contribution in [0.2, 0.25) is 0 Å². The molecule has 0 aliphatic carbocycles. The number of ether oxygens (including phenoxy) is 2. The zero-order valence-corrected chi connectivity index (χ0v) is 28.6. The number of halogens is 2. The average Bonchev–Trinajstić information content (AvgIpc) is 3.01. The van der Waals surface area contributed by atoms with E-state index >= 15 is 0 Å². The van der Waals surface area contributed by atoms with Gasteiger partial charge in [-0.05, 0) is 56.8 Å². The lowest BCUT2D eigenvalue weighted by Gasteiger charge is -2.39. The number of allylic oxidation sites excluding steroid dienone is 1. The number of nitrogens with two attached hydrogens (primary N) is 1. The first-order valence-corrected chi connectivity index (χ1v) is 15.1. The molecule has 0 bridgehead atoms. The van der Waals surface area contributed by atoms with Gasteiger partial charge in [0, 0.05) is 24.4 Å². The highest BCUT2D eigenvalue weighted by Gasteiger charge is 2.40. The number of nitro benzene ring substituents is 1. The van der Waals surface area contributed by atoms with Crippen LogP contribution in [0.15, 0.2) is 108 Å². The second kappa shape index (κ2) is 17.7. The van der Waals surface area contributed by atoms with Gasteiger partial charge in [-0.25, -0.2) is 9.59 Å². The zero-order valence-electron chi connectivity index (χ0n) is 27.0. The van der Waals surface area contributed by atoms with Crippen LogP contribution in [0.5, 0.6) is 0 Å². The van der Waals surface area contributed by atoms with Gasteiger partial charge in [-0.3, -0.25) is 15.0 Å². The summed E-state index contributed by atoms with van der Waals surface area (Å²) in [6.07, 6.45) is 0.570. The molecule has 3 aromatic carbocycles. The Balaban J connectivity index is 0.00000267. The van der Waals surface area contributed by atoms with Gasteiger partial charge in [0.05, 0.1) is 34.1 Å². The predicted octanol–water partition coefficient (Wildman–Crippen LogP) is 5.49. The van der Waals surface area contributed by atoms with Gasteiger partial charge in [0.25, 0.3) is 5.69 Å². The SMILES string of the molecule is CC1=C(C(=O)OC(C)C)C(c2cccc([N+](=O)[O-])c2)C(C(=O)OC2CCCN(C(c3ccccc3)c3ccccc3)C2)=C(N)N1.Cl.Cl.O. The molecule has 1 fully saturated rings. The number of rotatable bonds is 9. The largest absolute Gasteiger partial charge is 0.460 e. The third kappa shape index (κ3) is 8.93. The maximum Gasteiger partial charge on any atom is 0.338 e. The van der Waals surface area contributed by atoms with E-state index < -0.39 is 35.0 Å². The van der Waals surface area contributed by atoms with E-state index in [9.17, 15) is 19.7 Å². The van der Waals surface area contributed by atoms with Crippen LogP contribution in [-0.4, -0.2) is 52.5 Å². The zero-order chi connectivity index (χ0) is 32.1. The number of nitrogens with zero attached hydrogens (tertiary/aromatic N) is 2. The summed E-state index contributed by atoms with van der Waals surface area (Å²) < 4.78 is 11.7. The van der Waals surface area contributed by atoms with Crippen LogP contribution in [0.1, 0.15) is 62.3 Å². The summed E-state index contributed by atoms with van der Waals surface area (Å²) in [5.41, 5.74) is 9.43. The first-order chi connectivity index (χ1) is 21.6. The van der Waals surface area contributed by atoms with Crippen LogP contribution in [0.3, 0.4) is 0 Å². The number of benzene rings is 3. The molecule has 2 aliphatic rings. The summed E-state index contributed by atoms with van der Waals surface area (Å²) >= 11 is 0. The average molecular weight is 702 g/mol. The third-order valence-corrected chi connectivity index (χ3v) is 8.07. The van der Waals surface area contributed by atoms with Crippen LogP contribution < -0.4 is 11.1 Å². The number of nitrogens with one attached hydrogen (secondary N) is 1. The summed E-state index contributed by atoms with van der Waals surface area (Å²) in [6.45, 7) is 6.40. The van der Waals surface area contributed by atoms with Crippen molar-refractivity contribution in [3.05, 3.63) is 134 Å². The van der Waals surface area contributed by atoms with E-state index in [-0.39, 0.29) is 59.0 Å². The molecule has 2 atom stereocenters. The number of hydrogen-bond acceptors (Lipinski definition) is 9. The number of non-ortho nitro benzene ring substituents is 1. The van der Waals surface area contributed by atoms with Gasteiger partial charge in [0.1, 0.15) is 11.9 Å². The number of piperidine rings is 1. The molecular formula is C35H42Cl2N4O7. The van der Waals surface area contributed by atoms with Crippen molar-refractivity contribution in [1.29, 1.82) is 0 Å². The minimum atomic E-state index is -1.04. The summed E-state index contributed by atoms with van der Waals surface area (Å²) in [7, 11) is 0. The van der Waals surface area contributed by atoms with Crippen LogP contribution in [0.25, 0.3) is 0 Å². The fraction of sp³-hybridized carbons (Fsp3) is 0.314. The maximum absolute atomic E-state index is 14.1. The Hall–Kier alpha value is -4.42. The molecule has 11 nitrogen and oxygen atoms in total. The lowest BCUT2D eigenvalue weighted by atomic mass is 9.81. The minimum absolute atomic E-state index is 0. The van der Waals surface area contributed by atoms with E-state index in [0.29, 0.717) is 24.2 Å². The van der Waals surface area contributed by atoms with Crippen molar-refractivity contribution in [3.8, 4) is 0 Å². The lowest BCUT2D eigenvalue weighted by Crippen LogP contribution is -2.44. The monoisotopic (exact) mass is 700 g/mol. The molecule has 48 heavy (non-hydrogen) atoms. The van der Waals surface area contributed by atoms with E-state index in [1.54, 1.807) is 26.8 Å². The van der Waals surface area contributed by atoms with Gasteiger partial charge in [-0.1, -0.05) is 72.8 Å². The van der Waals surface area contributed by atoms with Crippen molar-refractivity contribution < 1.29 is 29.5 Å². The Morgan fingerprint density at radius 1 is 0.938 bits per heavy atom. The molecular weight excluding hydrogens is 659 g/mol. The van der Waals surface area contributed by atoms with Crippen LogP contribution in [0.4, 0.5) is 5.69 Å². The molecule has 0 radical (unpaired) electrons. The molecule has 258 valence electrons. The number of esters is 2. The molecule has 5 rings (SSSR count). The Morgan fingerprint density at radius 3 is 2.10 bits per heavy atom. The van der Waals surface area contributed by atoms with Gasteiger partial charge in [0.2, 0.25) is 0 Å². The van der Waals surface area contributed by atoms with E-state index in [4.69, 9.17) is 15.2 Å². The number of dihydropyridines is 1. The van der Waals surface area contributed by atoms with Gasteiger partial charge in [0.15, 0.2) is 0 Å². The number of nitro groups is 1. The van der Waals surface area contributed by atoms with E-state index in [0.717, 1.165) is 24.1 Å². The Kier molecular flexibility index (Phi) is 14.6. The summed E-state index contributed by atoms with van der Waals surface area (Å²) in [6, 6.07) is 26.3. The highest BCUT2D eigenvalue weighted by Crippen LogP contribution is 2.40. The molecule has 2 aliphatic heterocycles. The molecule has 0 amide bonds. The summed E-state index contributed by atoms with van der Waals surface area (Å²) in [5, 5.41) is 14.6. The van der Waals surface area contributed by atoms with Crippen LogP contribution in [0, 0.1) is 10.1 Å². The second-order valence-corrected chi connectivity index (χ2v) is 11.6. The molecule has 2 heterocycles. The Labute approximate surface area is 292 Å².